The van der Waals surface area contributed by atoms with Gasteiger partial charge in [0.1, 0.15) is 5.82 Å². The zero-order valence-corrected chi connectivity index (χ0v) is 10.2. The van der Waals surface area contributed by atoms with Gasteiger partial charge in [-0.2, -0.15) is 4.98 Å². The van der Waals surface area contributed by atoms with Crippen molar-refractivity contribution in [1.29, 1.82) is 0 Å². The fourth-order valence-electron chi connectivity index (χ4n) is 2.32. The third-order valence-corrected chi connectivity index (χ3v) is 3.22. The number of aliphatic hydroxyl groups excluding tert-OH is 1. The molecule has 1 aliphatic rings. The molecule has 0 saturated heterocycles. The third-order valence-electron chi connectivity index (χ3n) is 3.22. The Morgan fingerprint density at radius 3 is 3.12 bits per heavy atom. The minimum atomic E-state index is 0.253. The van der Waals surface area contributed by atoms with Crippen molar-refractivity contribution in [2.24, 2.45) is 5.92 Å². The molecule has 2 unspecified atom stereocenters. The predicted molar refractivity (Wildman–Crippen MR) is 68.0 cm³/mol. The van der Waals surface area contributed by atoms with Gasteiger partial charge in [0, 0.05) is 31.3 Å². The number of nitrogens with one attached hydrogen (secondary N) is 2. The van der Waals surface area contributed by atoms with Crippen molar-refractivity contribution in [3.8, 4) is 0 Å². The molecule has 1 saturated carbocycles. The molecule has 1 heterocycles. The second-order valence-corrected chi connectivity index (χ2v) is 4.42. The van der Waals surface area contributed by atoms with E-state index in [2.05, 4.69) is 20.6 Å². The van der Waals surface area contributed by atoms with E-state index in [1.165, 1.54) is 6.42 Å². The number of aliphatic hydroxyl groups is 1. The average molecular weight is 236 g/mol. The van der Waals surface area contributed by atoms with Crippen molar-refractivity contribution < 1.29 is 5.11 Å². The first kappa shape index (κ1) is 12.1. The van der Waals surface area contributed by atoms with Gasteiger partial charge in [-0.1, -0.05) is 6.42 Å². The summed E-state index contributed by atoms with van der Waals surface area (Å²) in [5.41, 5.74) is 0. The van der Waals surface area contributed by atoms with Crippen molar-refractivity contribution in [2.45, 2.75) is 32.2 Å². The van der Waals surface area contributed by atoms with E-state index < -0.39 is 0 Å². The Hall–Kier alpha value is -1.36. The second kappa shape index (κ2) is 5.82. The summed E-state index contributed by atoms with van der Waals surface area (Å²) in [6.07, 6.45) is 5.12. The summed E-state index contributed by atoms with van der Waals surface area (Å²) in [6.45, 7) is 3.08. The minimum absolute atomic E-state index is 0.253. The van der Waals surface area contributed by atoms with Crippen LogP contribution in [0, 0.1) is 5.92 Å². The number of anilines is 2. The Balaban J connectivity index is 2.00. The summed E-state index contributed by atoms with van der Waals surface area (Å²) >= 11 is 0. The maximum absolute atomic E-state index is 9.27. The molecule has 0 aliphatic heterocycles. The molecule has 1 aromatic heterocycles. The maximum Gasteiger partial charge on any atom is 0.224 e. The molecule has 2 rings (SSSR count). The first-order valence-corrected chi connectivity index (χ1v) is 6.27. The van der Waals surface area contributed by atoms with Crippen molar-refractivity contribution in [3.63, 3.8) is 0 Å². The summed E-state index contributed by atoms with van der Waals surface area (Å²) in [6, 6.07) is 2.21. The summed E-state index contributed by atoms with van der Waals surface area (Å²) in [5, 5.41) is 15.7. The van der Waals surface area contributed by atoms with Crippen LogP contribution in [0.15, 0.2) is 12.3 Å². The second-order valence-electron chi connectivity index (χ2n) is 4.42. The number of rotatable bonds is 5. The van der Waals surface area contributed by atoms with Crippen LogP contribution in [0.2, 0.25) is 0 Å². The Morgan fingerprint density at radius 1 is 1.47 bits per heavy atom. The van der Waals surface area contributed by atoms with Gasteiger partial charge < -0.3 is 15.7 Å². The number of aromatic nitrogens is 2. The molecular formula is C12H20N4O. The summed E-state index contributed by atoms with van der Waals surface area (Å²) < 4.78 is 0. The fourth-order valence-corrected chi connectivity index (χ4v) is 2.32. The first-order valence-electron chi connectivity index (χ1n) is 6.27. The Bertz CT molecular complexity index is 358. The molecule has 94 valence electrons. The van der Waals surface area contributed by atoms with Crippen molar-refractivity contribution >= 4 is 11.8 Å². The van der Waals surface area contributed by atoms with Crippen LogP contribution in [0.1, 0.15) is 26.2 Å². The number of hydrogen-bond donors (Lipinski definition) is 3. The predicted octanol–water partition coefficient (Wildman–Crippen LogP) is 1.48. The molecule has 0 amide bonds. The lowest BCUT2D eigenvalue weighted by molar-refractivity contribution is 0.222. The van der Waals surface area contributed by atoms with Crippen molar-refractivity contribution in [3.05, 3.63) is 12.3 Å². The van der Waals surface area contributed by atoms with Gasteiger partial charge in [-0.05, 0) is 25.8 Å². The van der Waals surface area contributed by atoms with E-state index >= 15 is 0 Å². The highest BCUT2D eigenvalue weighted by Crippen LogP contribution is 2.27. The van der Waals surface area contributed by atoms with Gasteiger partial charge in [0.25, 0.3) is 0 Å². The van der Waals surface area contributed by atoms with Crippen LogP contribution >= 0.6 is 0 Å². The highest BCUT2D eigenvalue weighted by atomic mass is 16.3. The lowest BCUT2D eigenvalue weighted by Gasteiger charge is -2.19. The maximum atomic E-state index is 9.27. The van der Waals surface area contributed by atoms with Gasteiger partial charge in [0.15, 0.2) is 0 Å². The van der Waals surface area contributed by atoms with Crippen molar-refractivity contribution in [2.75, 3.05) is 23.8 Å². The highest BCUT2D eigenvalue weighted by molar-refractivity contribution is 5.40. The third kappa shape index (κ3) is 3.06. The van der Waals surface area contributed by atoms with Crippen LogP contribution in [0.3, 0.4) is 0 Å². The average Bonchev–Trinajstić information content (AvgIpc) is 2.77. The SMILES string of the molecule is CCNc1nccc(NC2CCCC2CO)n1. The van der Waals surface area contributed by atoms with Gasteiger partial charge in [-0.15, -0.1) is 0 Å². The minimum Gasteiger partial charge on any atom is -0.396 e. The summed E-state index contributed by atoms with van der Waals surface area (Å²) in [7, 11) is 0. The van der Waals surface area contributed by atoms with E-state index in [0.717, 1.165) is 25.2 Å². The summed E-state index contributed by atoms with van der Waals surface area (Å²) in [4.78, 5) is 8.51. The lowest BCUT2D eigenvalue weighted by Crippen LogP contribution is -2.26. The van der Waals surface area contributed by atoms with Crippen LogP contribution in [-0.4, -0.2) is 34.3 Å². The zero-order chi connectivity index (χ0) is 12.1. The molecule has 3 N–H and O–H groups in total. The van der Waals surface area contributed by atoms with Crippen LogP contribution in [0.25, 0.3) is 0 Å². The number of nitrogens with zero attached hydrogens (tertiary/aromatic N) is 2. The molecule has 1 aromatic rings. The van der Waals surface area contributed by atoms with E-state index in [1.807, 2.05) is 13.0 Å². The highest BCUT2D eigenvalue weighted by Gasteiger charge is 2.26. The molecule has 0 spiro atoms. The molecule has 0 bridgehead atoms. The van der Waals surface area contributed by atoms with Gasteiger partial charge in [-0.3, -0.25) is 0 Å². The Labute approximate surface area is 102 Å². The fraction of sp³-hybridized carbons (Fsp3) is 0.667. The molecule has 1 aliphatic carbocycles. The van der Waals surface area contributed by atoms with E-state index in [1.54, 1.807) is 6.20 Å². The Kier molecular flexibility index (Phi) is 4.14. The standard InChI is InChI=1S/C12H20N4O/c1-2-13-12-14-7-6-11(16-12)15-10-5-3-4-9(10)8-17/h6-7,9-10,17H,2-5,8H2,1H3,(H2,13,14,15,16). The van der Waals surface area contributed by atoms with E-state index in [-0.39, 0.29) is 6.61 Å². The molecular weight excluding hydrogens is 216 g/mol. The number of hydrogen-bond acceptors (Lipinski definition) is 5. The van der Waals surface area contributed by atoms with Crippen molar-refractivity contribution in [1.82, 2.24) is 9.97 Å². The smallest absolute Gasteiger partial charge is 0.224 e. The lowest BCUT2D eigenvalue weighted by atomic mass is 10.1. The molecule has 2 atom stereocenters. The Morgan fingerprint density at radius 2 is 2.35 bits per heavy atom. The van der Waals surface area contributed by atoms with E-state index in [4.69, 9.17) is 0 Å². The quantitative estimate of drug-likeness (QED) is 0.722. The van der Waals surface area contributed by atoms with Gasteiger partial charge in [0.05, 0.1) is 0 Å². The van der Waals surface area contributed by atoms with E-state index in [9.17, 15) is 5.11 Å². The molecule has 0 aromatic carbocycles. The monoisotopic (exact) mass is 236 g/mol. The van der Waals surface area contributed by atoms with Crippen LogP contribution in [0.5, 0.6) is 0 Å². The molecule has 5 heteroatoms. The topological polar surface area (TPSA) is 70.1 Å². The molecule has 1 fully saturated rings. The molecule has 0 radical (unpaired) electrons. The first-order chi connectivity index (χ1) is 8.33. The molecule has 17 heavy (non-hydrogen) atoms. The van der Waals surface area contributed by atoms with Crippen LogP contribution in [-0.2, 0) is 0 Å². The van der Waals surface area contributed by atoms with Gasteiger partial charge in [0.2, 0.25) is 5.95 Å². The van der Waals surface area contributed by atoms with Crippen LogP contribution in [0.4, 0.5) is 11.8 Å². The largest absolute Gasteiger partial charge is 0.396 e. The van der Waals surface area contributed by atoms with Gasteiger partial charge in [-0.25, -0.2) is 4.98 Å². The van der Waals surface area contributed by atoms with Gasteiger partial charge >= 0.3 is 0 Å². The molecule has 5 nitrogen and oxygen atoms in total. The normalized spacial score (nSPS) is 23.6. The zero-order valence-electron chi connectivity index (χ0n) is 10.2. The van der Waals surface area contributed by atoms with E-state index in [0.29, 0.717) is 17.9 Å². The summed E-state index contributed by atoms with van der Waals surface area (Å²) in [5.74, 6) is 1.84. The van der Waals surface area contributed by atoms with Crippen LogP contribution < -0.4 is 10.6 Å².